The Hall–Kier alpha value is -2.73. The van der Waals surface area contributed by atoms with E-state index < -0.39 is 41.1 Å². The molecular weight excluding hydrogens is 372 g/mol. The minimum Gasteiger partial charge on any atom is -0.461 e. The number of hydrogen-bond acceptors (Lipinski definition) is 6. The average Bonchev–Trinajstić information content (AvgIpc) is 2.69. The number of carbonyl (C=O) groups is 3. The van der Waals surface area contributed by atoms with E-state index >= 15 is 0 Å². The highest BCUT2D eigenvalue weighted by Crippen LogP contribution is 2.46. The fraction of sp³-hybridized carbons (Fsp3) is 0.435. The summed E-state index contributed by atoms with van der Waals surface area (Å²) in [5.41, 5.74) is -0.00519. The molecule has 0 saturated heterocycles. The Morgan fingerprint density at radius 1 is 1.14 bits per heavy atom. The molecule has 6 heteroatoms. The molecule has 1 aromatic carbocycles. The Bertz CT molecular complexity index is 777. The van der Waals surface area contributed by atoms with E-state index in [1.807, 2.05) is 19.1 Å². The molecule has 2 rings (SSSR count). The van der Waals surface area contributed by atoms with Crippen molar-refractivity contribution in [2.24, 2.45) is 11.8 Å². The van der Waals surface area contributed by atoms with Gasteiger partial charge in [-0.1, -0.05) is 56.5 Å². The van der Waals surface area contributed by atoms with Gasteiger partial charge >= 0.3 is 11.9 Å². The molecular formula is C23H28O6. The summed E-state index contributed by atoms with van der Waals surface area (Å²) in [5, 5.41) is 11.0. The molecule has 156 valence electrons. The van der Waals surface area contributed by atoms with Crippen molar-refractivity contribution in [2.45, 2.75) is 38.2 Å². The lowest BCUT2D eigenvalue weighted by atomic mass is 9.61. The Balaban J connectivity index is 2.56. The van der Waals surface area contributed by atoms with Gasteiger partial charge in [-0.25, -0.2) is 0 Å². The Kier molecular flexibility index (Phi) is 7.51. The molecule has 1 N–H and O–H groups in total. The summed E-state index contributed by atoms with van der Waals surface area (Å²) in [5.74, 6) is -5.14. The summed E-state index contributed by atoms with van der Waals surface area (Å²) in [7, 11) is 0. The molecule has 1 aromatic rings. The van der Waals surface area contributed by atoms with Gasteiger partial charge in [0.2, 0.25) is 0 Å². The quantitative estimate of drug-likeness (QED) is 0.410. The summed E-state index contributed by atoms with van der Waals surface area (Å²) >= 11 is 0. The van der Waals surface area contributed by atoms with Crippen LogP contribution in [0.4, 0.5) is 0 Å². The highest BCUT2D eigenvalue weighted by molar-refractivity contribution is 6.02. The second kappa shape index (κ2) is 9.65. The number of esters is 2. The third-order valence-electron chi connectivity index (χ3n) is 5.23. The molecule has 1 aliphatic carbocycles. The molecule has 0 bridgehead atoms. The fourth-order valence-electron chi connectivity index (χ4n) is 3.85. The molecule has 6 nitrogen and oxygen atoms in total. The third-order valence-corrected chi connectivity index (χ3v) is 5.23. The monoisotopic (exact) mass is 400 g/mol. The lowest BCUT2D eigenvalue weighted by Crippen LogP contribution is -2.55. The highest BCUT2D eigenvalue weighted by atomic mass is 16.5. The molecule has 1 aliphatic rings. The van der Waals surface area contributed by atoms with Gasteiger partial charge in [0.1, 0.15) is 19.1 Å². The smallest absolute Gasteiger partial charge is 0.317 e. The van der Waals surface area contributed by atoms with Gasteiger partial charge in [0, 0.05) is 12.3 Å². The zero-order chi connectivity index (χ0) is 21.6. The molecule has 1 saturated carbocycles. The van der Waals surface area contributed by atoms with Crippen molar-refractivity contribution in [2.75, 3.05) is 13.2 Å². The largest absolute Gasteiger partial charge is 0.461 e. The first-order chi connectivity index (χ1) is 13.8. The topological polar surface area (TPSA) is 89.9 Å². The van der Waals surface area contributed by atoms with Crippen LogP contribution in [0, 0.1) is 11.8 Å². The summed E-state index contributed by atoms with van der Waals surface area (Å²) in [6, 6.07) is 7.31. The van der Waals surface area contributed by atoms with Crippen LogP contribution in [0.1, 0.15) is 37.3 Å². The number of rotatable bonds is 8. The summed E-state index contributed by atoms with van der Waals surface area (Å²) < 4.78 is 10.4. The van der Waals surface area contributed by atoms with Gasteiger partial charge < -0.3 is 14.6 Å². The van der Waals surface area contributed by atoms with Gasteiger partial charge in [-0.3, -0.25) is 14.4 Å². The molecule has 4 atom stereocenters. The van der Waals surface area contributed by atoms with Gasteiger partial charge in [0.05, 0.1) is 11.5 Å². The number of benzene rings is 1. The standard InChI is InChI=1S/C23H28O6/c1-5-12-28-21(25)19-17(24)14-23(4,27)20(22(26)29-13-6-2)18(19)16-10-8-15(7-3)9-11-16/h5-6,8-11,18-20,27H,1-2,7,12-14H2,3-4H3/t18-,19+,20+,23-/m0/s1. The van der Waals surface area contributed by atoms with Crippen LogP contribution >= 0.6 is 0 Å². The van der Waals surface area contributed by atoms with Gasteiger partial charge in [0.25, 0.3) is 0 Å². The zero-order valence-corrected chi connectivity index (χ0v) is 16.9. The van der Waals surface area contributed by atoms with Crippen LogP contribution in [0.3, 0.4) is 0 Å². The summed E-state index contributed by atoms with van der Waals surface area (Å²) in [4.78, 5) is 38.4. The summed E-state index contributed by atoms with van der Waals surface area (Å²) in [6.07, 6.45) is 3.29. The maximum Gasteiger partial charge on any atom is 0.317 e. The number of Topliss-reactive ketones (excluding diaryl/α,β-unsaturated/α-hetero) is 1. The molecule has 29 heavy (non-hydrogen) atoms. The Labute approximate surface area is 171 Å². The number of aliphatic hydroxyl groups is 1. The van der Waals surface area contributed by atoms with Crippen LogP contribution in [-0.2, 0) is 30.3 Å². The summed E-state index contributed by atoms with van der Waals surface area (Å²) in [6.45, 7) is 10.4. The van der Waals surface area contributed by atoms with Crippen molar-refractivity contribution in [3.8, 4) is 0 Å². The van der Waals surface area contributed by atoms with Gasteiger partial charge in [-0.2, -0.15) is 0 Å². The maximum absolute atomic E-state index is 12.9. The van der Waals surface area contributed by atoms with Crippen molar-refractivity contribution in [1.29, 1.82) is 0 Å². The van der Waals surface area contributed by atoms with Crippen LogP contribution in [0.15, 0.2) is 49.6 Å². The van der Waals surface area contributed by atoms with E-state index in [9.17, 15) is 19.5 Å². The van der Waals surface area contributed by atoms with Crippen molar-refractivity contribution >= 4 is 17.7 Å². The number of aryl methyl sites for hydroxylation is 1. The number of ketones is 1. The van der Waals surface area contributed by atoms with Crippen LogP contribution in [0.25, 0.3) is 0 Å². The zero-order valence-electron chi connectivity index (χ0n) is 16.9. The Morgan fingerprint density at radius 3 is 2.21 bits per heavy atom. The average molecular weight is 400 g/mol. The van der Waals surface area contributed by atoms with Crippen LogP contribution in [-0.4, -0.2) is 41.6 Å². The van der Waals surface area contributed by atoms with Crippen molar-refractivity contribution in [1.82, 2.24) is 0 Å². The van der Waals surface area contributed by atoms with E-state index in [-0.39, 0.29) is 19.6 Å². The van der Waals surface area contributed by atoms with Crippen LogP contribution in [0.5, 0.6) is 0 Å². The van der Waals surface area contributed by atoms with Crippen molar-refractivity contribution in [3.05, 3.63) is 60.7 Å². The van der Waals surface area contributed by atoms with E-state index in [0.717, 1.165) is 12.0 Å². The molecule has 0 aromatic heterocycles. The van der Waals surface area contributed by atoms with Crippen molar-refractivity contribution < 1.29 is 29.0 Å². The van der Waals surface area contributed by atoms with E-state index in [1.165, 1.54) is 19.1 Å². The molecule has 1 fully saturated rings. The maximum atomic E-state index is 12.9. The Morgan fingerprint density at radius 2 is 1.69 bits per heavy atom. The van der Waals surface area contributed by atoms with E-state index in [1.54, 1.807) is 12.1 Å². The van der Waals surface area contributed by atoms with E-state index in [0.29, 0.717) is 5.56 Å². The number of ether oxygens (including phenoxy) is 2. The second-order valence-electron chi connectivity index (χ2n) is 7.41. The second-order valence-corrected chi connectivity index (χ2v) is 7.41. The van der Waals surface area contributed by atoms with Gasteiger partial charge in [-0.05, 0) is 24.5 Å². The molecule has 0 spiro atoms. The number of hydrogen-bond donors (Lipinski definition) is 1. The van der Waals surface area contributed by atoms with E-state index in [2.05, 4.69) is 13.2 Å². The lowest BCUT2D eigenvalue weighted by Gasteiger charge is -2.43. The predicted octanol–water partition coefficient (Wildman–Crippen LogP) is 2.75. The molecule has 0 unspecified atom stereocenters. The highest BCUT2D eigenvalue weighted by Gasteiger charge is 2.57. The minimum absolute atomic E-state index is 0.0353. The van der Waals surface area contributed by atoms with Crippen LogP contribution < -0.4 is 0 Å². The molecule has 0 amide bonds. The predicted molar refractivity (Wildman–Crippen MR) is 108 cm³/mol. The fourth-order valence-corrected chi connectivity index (χ4v) is 3.85. The third kappa shape index (κ3) is 5.01. The van der Waals surface area contributed by atoms with Crippen LogP contribution in [0.2, 0.25) is 0 Å². The van der Waals surface area contributed by atoms with E-state index in [4.69, 9.17) is 9.47 Å². The first-order valence-electron chi connectivity index (χ1n) is 9.65. The normalized spacial score (nSPS) is 26.4. The van der Waals surface area contributed by atoms with Crippen molar-refractivity contribution in [3.63, 3.8) is 0 Å². The first kappa shape index (κ1) is 22.6. The lowest BCUT2D eigenvalue weighted by molar-refractivity contribution is -0.171. The van der Waals surface area contributed by atoms with Gasteiger partial charge in [-0.15, -0.1) is 0 Å². The minimum atomic E-state index is -1.67. The SMILES string of the molecule is C=CCOC(=O)[C@@H]1C(=O)C[C@](C)(O)[C@@H](C(=O)OCC=C)[C@H]1c1ccc(CC)cc1. The molecule has 0 aliphatic heterocycles. The van der Waals surface area contributed by atoms with Gasteiger partial charge in [0.15, 0.2) is 5.78 Å². The molecule has 0 heterocycles. The first-order valence-corrected chi connectivity index (χ1v) is 9.65. The number of carbonyl (C=O) groups excluding carboxylic acids is 3. The molecule has 0 radical (unpaired) electrons.